The molecule has 1 nitrogen and oxygen atoms in total. The summed E-state index contributed by atoms with van der Waals surface area (Å²) >= 11 is 0. The van der Waals surface area contributed by atoms with Crippen LogP contribution in [0.15, 0.2) is 48.2 Å². The molecule has 0 amide bonds. The van der Waals surface area contributed by atoms with Crippen molar-refractivity contribution in [3.05, 3.63) is 53.8 Å². The van der Waals surface area contributed by atoms with E-state index >= 15 is 0 Å². The van der Waals surface area contributed by atoms with Crippen molar-refractivity contribution in [2.75, 3.05) is 0 Å². The normalized spacial score (nSPS) is 21.7. The highest BCUT2D eigenvalue weighted by molar-refractivity contribution is 5.51. The number of rotatable bonds is 5. The Kier molecular flexibility index (Phi) is 5.74. The van der Waals surface area contributed by atoms with Crippen LogP contribution >= 0.6 is 0 Å². The summed E-state index contributed by atoms with van der Waals surface area (Å²) in [5, 5.41) is 0. The molecule has 102 valence electrons. The molecule has 0 aliphatic carbocycles. The van der Waals surface area contributed by atoms with Crippen LogP contribution in [0.4, 0.5) is 0 Å². The van der Waals surface area contributed by atoms with Gasteiger partial charge in [0.2, 0.25) is 0 Å². The van der Waals surface area contributed by atoms with Crippen LogP contribution in [0.5, 0.6) is 0 Å². The van der Waals surface area contributed by atoms with Gasteiger partial charge in [-0.15, -0.1) is 0 Å². The molecule has 1 fully saturated rings. The minimum absolute atomic E-state index is 0.278. The fourth-order valence-corrected chi connectivity index (χ4v) is 2.34. The van der Waals surface area contributed by atoms with E-state index in [1.54, 1.807) is 0 Å². The lowest BCUT2D eigenvalue weighted by molar-refractivity contribution is 0.111. The van der Waals surface area contributed by atoms with Crippen molar-refractivity contribution in [3.63, 3.8) is 0 Å². The Morgan fingerprint density at radius 3 is 2.89 bits per heavy atom. The molecule has 1 unspecified atom stereocenters. The monoisotopic (exact) mass is 256 g/mol. The maximum Gasteiger partial charge on any atom is 0.116 e. The number of benzene rings is 1. The van der Waals surface area contributed by atoms with Gasteiger partial charge in [0.15, 0.2) is 0 Å². The Morgan fingerprint density at radius 2 is 2.11 bits per heavy atom. The van der Waals surface area contributed by atoms with Crippen LogP contribution < -0.4 is 0 Å². The molecule has 1 heteroatoms. The fraction of sp³-hybridized carbons (Fsp3) is 0.444. The lowest BCUT2D eigenvalue weighted by atomic mass is 10.0. The molecule has 1 saturated heterocycles. The summed E-state index contributed by atoms with van der Waals surface area (Å²) in [6, 6.07) is 10.4. The van der Waals surface area contributed by atoms with E-state index < -0.39 is 0 Å². The standard InChI is InChI=1S/C18H24O/c1-2-3-4-8-12-17-13-9-14-18(19-17)15-16-10-6-5-7-11-16/h5-8,10-12,15,17H,2-4,9,13-14H2,1H3/b12-8-,18-15+. The van der Waals surface area contributed by atoms with Gasteiger partial charge in [0.05, 0.1) is 5.76 Å². The highest BCUT2D eigenvalue weighted by Gasteiger charge is 2.14. The predicted octanol–water partition coefficient (Wildman–Crippen LogP) is 5.34. The van der Waals surface area contributed by atoms with E-state index in [1.807, 2.05) is 6.07 Å². The number of ether oxygens (including phenoxy) is 1. The Hall–Kier alpha value is -1.50. The van der Waals surface area contributed by atoms with Crippen molar-refractivity contribution in [1.82, 2.24) is 0 Å². The molecule has 1 aromatic rings. The molecular weight excluding hydrogens is 232 g/mol. The first kappa shape index (κ1) is 13.9. The molecule has 0 N–H and O–H groups in total. The largest absolute Gasteiger partial charge is 0.491 e. The first-order chi connectivity index (χ1) is 9.38. The molecule has 0 radical (unpaired) electrons. The Balaban J connectivity index is 1.90. The minimum Gasteiger partial charge on any atom is -0.491 e. The smallest absolute Gasteiger partial charge is 0.116 e. The lowest BCUT2D eigenvalue weighted by Gasteiger charge is -2.23. The second-order valence-electron chi connectivity index (χ2n) is 5.14. The van der Waals surface area contributed by atoms with E-state index in [0.29, 0.717) is 0 Å². The number of hydrogen-bond acceptors (Lipinski definition) is 1. The summed E-state index contributed by atoms with van der Waals surface area (Å²) in [7, 11) is 0. The topological polar surface area (TPSA) is 9.23 Å². The first-order valence-electron chi connectivity index (χ1n) is 7.47. The maximum atomic E-state index is 6.04. The van der Waals surface area contributed by atoms with Crippen molar-refractivity contribution in [1.29, 1.82) is 0 Å². The van der Waals surface area contributed by atoms with Crippen molar-refractivity contribution < 1.29 is 4.74 Å². The van der Waals surface area contributed by atoms with Gasteiger partial charge in [-0.2, -0.15) is 0 Å². The summed E-state index contributed by atoms with van der Waals surface area (Å²) in [5.41, 5.74) is 1.23. The molecule has 0 bridgehead atoms. The van der Waals surface area contributed by atoms with E-state index in [0.717, 1.165) is 18.6 Å². The third kappa shape index (κ3) is 4.94. The summed E-state index contributed by atoms with van der Waals surface area (Å²) in [5.74, 6) is 1.13. The van der Waals surface area contributed by atoms with E-state index in [-0.39, 0.29) is 6.10 Å². The Labute approximate surface area is 117 Å². The van der Waals surface area contributed by atoms with Gasteiger partial charge >= 0.3 is 0 Å². The zero-order chi connectivity index (χ0) is 13.3. The molecule has 0 aromatic heterocycles. The van der Waals surface area contributed by atoms with Crippen molar-refractivity contribution in [2.24, 2.45) is 0 Å². The molecule has 19 heavy (non-hydrogen) atoms. The summed E-state index contributed by atoms with van der Waals surface area (Å²) in [6.07, 6.45) is 14.1. The zero-order valence-corrected chi connectivity index (χ0v) is 11.8. The molecule has 1 aliphatic rings. The van der Waals surface area contributed by atoms with Crippen LogP contribution in [0.3, 0.4) is 0 Å². The average molecular weight is 256 g/mol. The Morgan fingerprint density at radius 1 is 1.26 bits per heavy atom. The molecular formula is C18H24O. The van der Waals surface area contributed by atoms with Crippen molar-refractivity contribution in [3.8, 4) is 0 Å². The summed E-state index contributed by atoms with van der Waals surface area (Å²) in [4.78, 5) is 0. The Bertz CT molecular complexity index is 417. The van der Waals surface area contributed by atoms with Crippen LogP contribution in [0.1, 0.15) is 51.0 Å². The quantitative estimate of drug-likeness (QED) is 0.510. The lowest BCUT2D eigenvalue weighted by Crippen LogP contribution is -2.15. The fourth-order valence-electron chi connectivity index (χ4n) is 2.34. The third-order valence-electron chi connectivity index (χ3n) is 3.42. The van der Waals surface area contributed by atoms with Crippen LogP contribution in [-0.2, 0) is 4.74 Å². The van der Waals surface area contributed by atoms with Gasteiger partial charge in [0.25, 0.3) is 0 Å². The predicted molar refractivity (Wildman–Crippen MR) is 81.8 cm³/mol. The molecule has 1 aromatic carbocycles. The molecule has 2 rings (SSSR count). The zero-order valence-electron chi connectivity index (χ0n) is 11.8. The van der Waals surface area contributed by atoms with Crippen molar-refractivity contribution in [2.45, 2.75) is 51.6 Å². The summed E-state index contributed by atoms with van der Waals surface area (Å²) in [6.45, 7) is 2.23. The van der Waals surface area contributed by atoms with Gasteiger partial charge < -0.3 is 4.74 Å². The molecule has 1 atom stereocenters. The second kappa shape index (κ2) is 7.83. The van der Waals surface area contributed by atoms with Crippen LogP contribution in [0.25, 0.3) is 6.08 Å². The van der Waals surface area contributed by atoms with Crippen molar-refractivity contribution >= 4 is 6.08 Å². The molecule has 0 saturated carbocycles. The average Bonchev–Trinajstić information content (AvgIpc) is 2.45. The second-order valence-corrected chi connectivity index (χ2v) is 5.14. The molecule has 0 spiro atoms. The van der Waals surface area contributed by atoms with Crippen LogP contribution in [0.2, 0.25) is 0 Å². The summed E-state index contributed by atoms with van der Waals surface area (Å²) < 4.78 is 6.04. The van der Waals surface area contributed by atoms with Gasteiger partial charge in [-0.25, -0.2) is 0 Å². The van der Waals surface area contributed by atoms with Crippen LogP contribution in [0, 0.1) is 0 Å². The van der Waals surface area contributed by atoms with Gasteiger partial charge in [-0.3, -0.25) is 0 Å². The van der Waals surface area contributed by atoms with E-state index in [9.17, 15) is 0 Å². The van der Waals surface area contributed by atoms with Crippen LogP contribution in [-0.4, -0.2) is 6.10 Å². The number of allylic oxidation sites excluding steroid dienone is 2. The van der Waals surface area contributed by atoms with Gasteiger partial charge in [-0.1, -0.05) is 56.2 Å². The maximum absolute atomic E-state index is 6.04. The SMILES string of the molecule is CCCC/C=C\C1CCC/C(=C\c2ccccc2)O1. The molecule has 1 aliphatic heterocycles. The van der Waals surface area contributed by atoms with Gasteiger partial charge in [0, 0.05) is 6.42 Å². The van der Waals surface area contributed by atoms with E-state index in [4.69, 9.17) is 4.74 Å². The van der Waals surface area contributed by atoms with Gasteiger partial charge in [0.1, 0.15) is 6.10 Å². The third-order valence-corrected chi connectivity index (χ3v) is 3.42. The highest BCUT2D eigenvalue weighted by atomic mass is 16.5. The number of unbranched alkanes of at least 4 members (excludes halogenated alkanes) is 2. The van der Waals surface area contributed by atoms with E-state index in [1.165, 1.54) is 31.2 Å². The minimum atomic E-state index is 0.278. The van der Waals surface area contributed by atoms with Gasteiger partial charge in [-0.05, 0) is 37.0 Å². The number of hydrogen-bond donors (Lipinski definition) is 0. The first-order valence-corrected chi connectivity index (χ1v) is 7.47. The van der Waals surface area contributed by atoms with E-state index in [2.05, 4.69) is 49.4 Å². The molecule has 1 heterocycles. The highest BCUT2D eigenvalue weighted by Crippen LogP contribution is 2.24.